The molecule has 134 valence electrons. The van der Waals surface area contributed by atoms with Gasteiger partial charge in [0.2, 0.25) is 5.91 Å². The van der Waals surface area contributed by atoms with Gasteiger partial charge in [0.1, 0.15) is 5.82 Å². The van der Waals surface area contributed by atoms with Crippen LogP contribution in [-0.4, -0.2) is 25.7 Å². The molecule has 2 heterocycles. The minimum Gasteiger partial charge on any atom is -0.302 e. The fourth-order valence-electron chi connectivity index (χ4n) is 2.56. The Bertz CT molecular complexity index is 985. The fourth-order valence-corrected chi connectivity index (χ4v) is 3.51. The second-order valence-electron chi connectivity index (χ2n) is 5.82. The van der Waals surface area contributed by atoms with Crippen molar-refractivity contribution in [2.75, 3.05) is 5.32 Å². The Morgan fingerprint density at radius 3 is 3.04 bits per heavy atom. The predicted molar refractivity (Wildman–Crippen MR) is 106 cm³/mol. The van der Waals surface area contributed by atoms with Crippen molar-refractivity contribution in [3.8, 4) is 0 Å². The number of aryl methyl sites for hydroxylation is 1. The number of carbonyl (C=O) groups excluding carboxylic acids is 1. The van der Waals surface area contributed by atoms with Gasteiger partial charge in [-0.15, -0.1) is 17.9 Å². The second-order valence-corrected chi connectivity index (χ2v) is 7.06. The number of thiazole rings is 1. The van der Waals surface area contributed by atoms with Gasteiger partial charge in [0.05, 0.1) is 18.5 Å². The molecule has 8 heteroatoms. The summed E-state index contributed by atoms with van der Waals surface area (Å²) in [5.74, 6) is 0.715. The van der Waals surface area contributed by atoms with Crippen molar-refractivity contribution in [3.05, 3.63) is 69.7 Å². The average Bonchev–Trinajstić information content (AvgIpc) is 3.19. The molecule has 0 aliphatic rings. The number of aromatic nitrogens is 4. The highest BCUT2D eigenvalue weighted by molar-refractivity contribution is 7.71. The second kappa shape index (κ2) is 8.20. The molecule has 0 bridgehead atoms. The summed E-state index contributed by atoms with van der Waals surface area (Å²) in [7, 11) is 0. The number of H-pyrrole nitrogens is 1. The van der Waals surface area contributed by atoms with Crippen molar-refractivity contribution in [1.82, 2.24) is 19.7 Å². The van der Waals surface area contributed by atoms with Crippen LogP contribution in [-0.2, 0) is 24.2 Å². The highest BCUT2D eigenvalue weighted by Gasteiger charge is 2.12. The zero-order valence-electron chi connectivity index (χ0n) is 14.4. The van der Waals surface area contributed by atoms with Crippen molar-refractivity contribution >= 4 is 34.6 Å². The molecule has 0 fully saturated rings. The van der Waals surface area contributed by atoms with Crippen molar-refractivity contribution in [1.29, 1.82) is 0 Å². The van der Waals surface area contributed by atoms with E-state index < -0.39 is 0 Å². The quantitative estimate of drug-likeness (QED) is 0.481. The fraction of sp³-hybridized carbons (Fsp3) is 0.222. The van der Waals surface area contributed by atoms with Crippen molar-refractivity contribution < 1.29 is 4.79 Å². The number of benzene rings is 1. The predicted octanol–water partition coefficient (Wildman–Crippen LogP) is 3.66. The summed E-state index contributed by atoms with van der Waals surface area (Å²) in [6, 6.07) is 7.86. The van der Waals surface area contributed by atoms with Gasteiger partial charge in [0.15, 0.2) is 9.90 Å². The summed E-state index contributed by atoms with van der Waals surface area (Å²) in [5.41, 5.74) is 2.95. The Labute approximate surface area is 160 Å². The third-order valence-corrected chi connectivity index (χ3v) is 5.02. The minimum atomic E-state index is -0.0745. The lowest BCUT2D eigenvalue weighted by Gasteiger charge is -2.05. The van der Waals surface area contributed by atoms with Crippen LogP contribution in [0.25, 0.3) is 0 Å². The average molecular weight is 386 g/mol. The van der Waals surface area contributed by atoms with Gasteiger partial charge in [-0.2, -0.15) is 5.10 Å². The van der Waals surface area contributed by atoms with Crippen molar-refractivity contribution in [3.63, 3.8) is 0 Å². The monoisotopic (exact) mass is 385 g/mol. The lowest BCUT2D eigenvalue weighted by molar-refractivity contribution is -0.115. The number of aromatic amines is 1. The first-order chi connectivity index (χ1) is 12.6. The SMILES string of the molecule is C=CCn1c(Cc2csc(NC(=O)Cc3ccccc3C)n2)n[nH]c1=S. The molecule has 0 spiro atoms. The molecule has 3 aromatic rings. The van der Waals surface area contributed by atoms with Gasteiger partial charge < -0.3 is 5.32 Å². The standard InChI is InChI=1S/C18H19N5OS2/c1-3-8-23-15(21-22-18(23)25)10-14-11-26-17(19-14)20-16(24)9-13-7-5-4-6-12(13)2/h3-7,11H,1,8-10H2,2H3,(H,22,25)(H,19,20,24). The molecule has 26 heavy (non-hydrogen) atoms. The molecule has 0 aliphatic carbocycles. The maximum atomic E-state index is 12.3. The number of rotatable bonds is 7. The molecule has 2 aromatic heterocycles. The van der Waals surface area contributed by atoms with Gasteiger partial charge in [-0.3, -0.25) is 14.5 Å². The largest absolute Gasteiger partial charge is 0.302 e. The molecular weight excluding hydrogens is 366 g/mol. The van der Waals surface area contributed by atoms with Crippen molar-refractivity contribution in [2.24, 2.45) is 0 Å². The van der Waals surface area contributed by atoms with E-state index in [0.717, 1.165) is 22.6 Å². The number of hydrogen-bond acceptors (Lipinski definition) is 5. The van der Waals surface area contributed by atoms with E-state index in [1.807, 2.05) is 41.1 Å². The number of carbonyl (C=O) groups is 1. The number of allylic oxidation sites excluding steroid dienone is 1. The van der Waals surface area contributed by atoms with Gasteiger partial charge in [-0.1, -0.05) is 30.3 Å². The first kappa shape index (κ1) is 18.2. The Kier molecular flexibility index (Phi) is 5.75. The third kappa shape index (κ3) is 4.33. The highest BCUT2D eigenvalue weighted by atomic mass is 32.1. The summed E-state index contributed by atoms with van der Waals surface area (Å²) in [4.78, 5) is 16.7. The molecule has 1 amide bonds. The highest BCUT2D eigenvalue weighted by Crippen LogP contribution is 2.18. The van der Waals surface area contributed by atoms with Crippen LogP contribution in [0.5, 0.6) is 0 Å². The summed E-state index contributed by atoms with van der Waals surface area (Å²) in [6.07, 6.45) is 2.64. The van der Waals surface area contributed by atoms with Gasteiger partial charge in [0.25, 0.3) is 0 Å². The molecule has 0 unspecified atom stereocenters. The lowest BCUT2D eigenvalue weighted by Crippen LogP contribution is -2.15. The summed E-state index contributed by atoms with van der Waals surface area (Å²) in [6.45, 7) is 6.32. The molecule has 0 saturated carbocycles. The molecule has 2 N–H and O–H groups in total. The Morgan fingerprint density at radius 1 is 1.46 bits per heavy atom. The van der Waals surface area contributed by atoms with Crippen LogP contribution in [0.1, 0.15) is 22.6 Å². The Morgan fingerprint density at radius 2 is 2.27 bits per heavy atom. The smallest absolute Gasteiger partial charge is 0.230 e. The first-order valence-corrected chi connectivity index (χ1v) is 9.39. The number of nitrogens with one attached hydrogen (secondary N) is 2. The van der Waals surface area contributed by atoms with Crippen molar-refractivity contribution in [2.45, 2.75) is 26.3 Å². The van der Waals surface area contributed by atoms with Gasteiger partial charge in [-0.05, 0) is 30.3 Å². The van der Waals surface area contributed by atoms with Crippen LogP contribution in [0.4, 0.5) is 5.13 Å². The lowest BCUT2D eigenvalue weighted by atomic mass is 10.1. The Hall–Kier alpha value is -2.58. The number of amides is 1. The van der Waals surface area contributed by atoms with Gasteiger partial charge in [-0.25, -0.2) is 4.98 Å². The van der Waals surface area contributed by atoms with Crippen LogP contribution in [0.2, 0.25) is 0 Å². The van der Waals surface area contributed by atoms with Crippen LogP contribution >= 0.6 is 23.6 Å². The summed E-state index contributed by atoms with van der Waals surface area (Å²) < 4.78 is 2.43. The molecular formula is C18H19N5OS2. The first-order valence-electron chi connectivity index (χ1n) is 8.10. The maximum Gasteiger partial charge on any atom is 0.230 e. The zero-order chi connectivity index (χ0) is 18.5. The van der Waals surface area contributed by atoms with Crippen LogP contribution in [0.3, 0.4) is 0 Å². The summed E-state index contributed by atoms with van der Waals surface area (Å²) >= 11 is 6.61. The molecule has 0 aliphatic heterocycles. The van der Waals surface area contributed by atoms with E-state index in [0.29, 0.717) is 29.3 Å². The number of hydrogen-bond donors (Lipinski definition) is 2. The van der Waals surface area contributed by atoms with E-state index in [-0.39, 0.29) is 5.91 Å². The molecule has 1 aromatic carbocycles. The number of anilines is 1. The topological polar surface area (TPSA) is 75.6 Å². The van der Waals surface area contributed by atoms with Gasteiger partial charge >= 0.3 is 0 Å². The summed E-state index contributed by atoms with van der Waals surface area (Å²) in [5, 5.41) is 12.4. The zero-order valence-corrected chi connectivity index (χ0v) is 16.0. The van der Waals surface area contributed by atoms with Crippen LogP contribution < -0.4 is 5.32 Å². The van der Waals surface area contributed by atoms with E-state index in [9.17, 15) is 4.79 Å². The van der Waals surface area contributed by atoms with E-state index >= 15 is 0 Å². The third-order valence-electron chi connectivity index (χ3n) is 3.90. The van der Waals surface area contributed by atoms with Crippen LogP contribution in [0.15, 0.2) is 42.3 Å². The molecule has 6 nitrogen and oxygen atoms in total. The van der Waals surface area contributed by atoms with E-state index in [1.54, 1.807) is 6.08 Å². The minimum absolute atomic E-state index is 0.0745. The maximum absolute atomic E-state index is 12.3. The van der Waals surface area contributed by atoms with E-state index in [4.69, 9.17) is 12.2 Å². The number of nitrogens with zero attached hydrogens (tertiary/aromatic N) is 3. The molecule has 0 radical (unpaired) electrons. The van der Waals surface area contributed by atoms with E-state index in [1.165, 1.54) is 11.3 Å². The van der Waals surface area contributed by atoms with E-state index in [2.05, 4.69) is 27.1 Å². The van der Waals surface area contributed by atoms with Crippen LogP contribution in [0, 0.1) is 11.7 Å². The molecule has 0 atom stereocenters. The van der Waals surface area contributed by atoms with Gasteiger partial charge in [0, 0.05) is 11.9 Å². The molecule has 0 saturated heterocycles. The molecule has 3 rings (SSSR count). The Balaban J connectivity index is 1.65. The normalized spacial score (nSPS) is 10.7.